The zero-order chi connectivity index (χ0) is 26.5. The third-order valence-electron chi connectivity index (χ3n) is 6.63. The first-order valence-corrected chi connectivity index (χ1v) is 12.7. The Kier molecular flexibility index (Phi) is 7.33. The molecule has 1 unspecified atom stereocenters. The fraction of sp³-hybridized carbons (Fsp3) is 0.161. The molecule has 0 bridgehead atoms. The zero-order valence-electron chi connectivity index (χ0n) is 20.5. The van der Waals surface area contributed by atoms with Gasteiger partial charge in [-0.3, -0.25) is 4.79 Å². The largest absolute Gasteiger partial charge is 0.493 e. The normalized spacial score (nSPS) is 16.1. The second-order valence-corrected chi connectivity index (χ2v) is 9.43. The number of para-hydroxylation sites is 1. The third-order valence-corrected chi connectivity index (χ3v) is 6.87. The number of fused-ring (bicyclic) bond motifs is 1. The predicted octanol–water partition coefficient (Wildman–Crippen LogP) is 6.12. The molecule has 1 aliphatic rings. The van der Waals surface area contributed by atoms with E-state index in [0.717, 1.165) is 16.7 Å². The van der Waals surface area contributed by atoms with Gasteiger partial charge in [0.25, 0.3) is 5.91 Å². The molecular formula is C31H26ClNO5. The molecule has 0 aliphatic carbocycles. The molecule has 4 aromatic carbocycles. The van der Waals surface area contributed by atoms with Crippen LogP contribution in [0.5, 0.6) is 11.5 Å². The second-order valence-electron chi connectivity index (χ2n) is 9.00. The summed E-state index contributed by atoms with van der Waals surface area (Å²) in [6, 6.07) is 29.6. The second kappa shape index (κ2) is 11.0. The Labute approximate surface area is 225 Å². The molecular weight excluding hydrogens is 502 g/mol. The van der Waals surface area contributed by atoms with E-state index >= 15 is 0 Å². The van der Waals surface area contributed by atoms with Crippen molar-refractivity contribution < 1.29 is 24.2 Å². The highest BCUT2D eigenvalue weighted by atomic mass is 35.5. The summed E-state index contributed by atoms with van der Waals surface area (Å²) in [6.07, 6.45) is 0.685. The van der Waals surface area contributed by atoms with E-state index in [2.05, 4.69) is 29.6 Å². The average molecular weight is 528 g/mol. The molecule has 6 nitrogen and oxygen atoms in total. The smallest absolute Gasteiger partial charge is 0.353 e. The van der Waals surface area contributed by atoms with Crippen LogP contribution in [0.3, 0.4) is 0 Å². The highest BCUT2D eigenvalue weighted by molar-refractivity contribution is 6.30. The van der Waals surface area contributed by atoms with Gasteiger partial charge in [-0.1, -0.05) is 78.3 Å². The summed E-state index contributed by atoms with van der Waals surface area (Å²) in [6.45, 7) is 0.545. The maximum atomic E-state index is 13.2. The van der Waals surface area contributed by atoms with Crippen LogP contribution in [-0.4, -0.2) is 30.1 Å². The molecule has 5 rings (SSSR count). The van der Waals surface area contributed by atoms with Crippen LogP contribution in [0.15, 0.2) is 97.1 Å². The number of carboxylic acid groups (broad SMARTS) is 1. The van der Waals surface area contributed by atoms with Gasteiger partial charge in [0.2, 0.25) is 5.60 Å². The average Bonchev–Trinajstić information content (AvgIpc) is 2.94. The van der Waals surface area contributed by atoms with Crippen molar-refractivity contribution in [2.24, 2.45) is 0 Å². The van der Waals surface area contributed by atoms with Gasteiger partial charge in [0, 0.05) is 18.0 Å². The lowest BCUT2D eigenvalue weighted by molar-refractivity contribution is -0.159. The molecule has 1 heterocycles. The quantitative estimate of drug-likeness (QED) is 0.288. The van der Waals surface area contributed by atoms with E-state index in [1.807, 2.05) is 30.3 Å². The monoisotopic (exact) mass is 527 g/mol. The van der Waals surface area contributed by atoms with E-state index in [9.17, 15) is 14.7 Å². The lowest BCUT2D eigenvalue weighted by Crippen LogP contribution is -2.46. The van der Waals surface area contributed by atoms with E-state index in [1.54, 1.807) is 36.4 Å². The van der Waals surface area contributed by atoms with Crippen molar-refractivity contribution in [3.05, 3.63) is 119 Å². The van der Waals surface area contributed by atoms with Gasteiger partial charge in [0.1, 0.15) is 11.5 Å². The molecule has 0 fully saturated rings. The molecule has 0 saturated carbocycles. The number of ether oxygens (including phenoxy) is 2. The number of benzene rings is 4. The van der Waals surface area contributed by atoms with Crippen LogP contribution in [0, 0.1) is 0 Å². The van der Waals surface area contributed by atoms with Gasteiger partial charge in [-0.15, -0.1) is 0 Å². The lowest BCUT2D eigenvalue weighted by Gasteiger charge is -2.36. The Morgan fingerprint density at radius 1 is 0.947 bits per heavy atom. The van der Waals surface area contributed by atoms with Crippen molar-refractivity contribution in [2.75, 3.05) is 13.2 Å². The topological polar surface area (TPSA) is 84.9 Å². The summed E-state index contributed by atoms with van der Waals surface area (Å²) in [5.41, 5.74) is 2.17. The Morgan fingerprint density at radius 2 is 1.68 bits per heavy atom. The van der Waals surface area contributed by atoms with Crippen molar-refractivity contribution in [1.82, 2.24) is 5.32 Å². The van der Waals surface area contributed by atoms with Gasteiger partial charge in [-0.05, 0) is 53.4 Å². The summed E-state index contributed by atoms with van der Waals surface area (Å²) >= 11 is 6.18. The van der Waals surface area contributed by atoms with Gasteiger partial charge < -0.3 is 19.9 Å². The highest BCUT2D eigenvalue weighted by Gasteiger charge is 2.48. The molecule has 1 atom stereocenters. The molecule has 0 saturated heterocycles. The minimum Gasteiger partial charge on any atom is -0.493 e. The fourth-order valence-corrected chi connectivity index (χ4v) is 4.90. The summed E-state index contributed by atoms with van der Waals surface area (Å²) in [5, 5.41) is 13.6. The van der Waals surface area contributed by atoms with Crippen molar-refractivity contribution in [3.8, 4) is 22.6 Å². The maximum absolute atomic E-state index is 13.2. The summed E-state index contributed by atoms with van der Waals surface area (Å²) in [4.78, 5) is 25.8. The number of aliphatic carboxylic acids is 1. The van der Waals surface area contributed by atoms with E-state index in [-0.39, 0.29) is 30.2 Å². The van der Waals surface area contributed by atoms with Gasteiger partial charge >= 0.3 is 5.97 Å². The van der Waals surface area contributed by atoms with Crippen LogP contribution < -0.4 is 14.8 Å². The van der Waals surface area contributed by atoms with Crippen LogP contribution in [0.1, 0.15) is 27.9 Å². The van der Waals surface area contributed by atoms with Crippen molar-refractivity contribution in [2.45, 2.75) is 18.4 Å². The molecule has 38 heavy (non-hydrogen) atoms. The van der Waals surface area contributed by atoms with E-state index in [0.29, 0.717) is 29.3 Å². The molecule has 2 N–H and O–H groups in total. The number of carbonyl (C=O) groups is 2. The van der Waals surface area contributed by atoms with Crippen molar-refractivity contribution >= 4 is 23.5 Å². The van der Waals surface area contributed by atoms with Gasteiger partial charge in [-0.2, -0.15) is 0 Å². The standard InChI is InChI=1S/C31H26ClNO5/c32-23-14-15-28-26(20-23)31(30(35)36,17-19-37-28)38-27-13-7-6-12-25(27)29(34)33-18-16-22-10-4-5-11-24(22)21-8-2-1-3-9-21/h1-15,20H,16-19H2,(H,33,34)(H,35,36). The Bertz CT molecular complexity index is 1470. The van der Waals surface area contributed by atoms with E-state index < -0.39 is 11.6 Å². The van der Waals surface area contributed by atoms with Crippen molar-refractivity contribution in [3.63, 3.8) is 0 Å². The van der Waals surface area contributed by atoms with Crippen LogP contribution in [0.25, 0.3) is 11.1 Å². The summed E-state index contributed by atoms with van der Waals surface area (Å²) in [5.74, 6) is -0.972. The highest BCUT2D eigenvalue weighted by Crippen LogP contribution is 2.42. The molecule has 7 heteroatoms. The number of amides is 1. The third kappa shape index (κ3) is 5.08. The minimum absolute atomic E-state index is 0.0574. The number of nitrogens with one attached hydrogen (secondary N) is 1. The molecule has 192 valence electrons. The van der Waals surface area contributed by atoms with Gasteiger partial charge in [0.15, 0.2) is 0 Å². The van der Waals surface area contributed by atoms with Crippen LogP contribution in [0.4, 0.5) is 0 Å². The maximum Gasteiger partial charge on any atom is 0.353 e. The van der Waals surface area contributed by atoms with E-state index in [1.165, 1.54) is 6.07 Å². The van der Waals surface area contributed by atoms with E-state index in [4.69, 9.17) is 21.1 Å². The Morgan fingerprint density at radius 3 is 2.50 bits per heavy atom. The number of carbonyl (C=O) groups excluding carboxylic acids is 1. The molecule has 1 aliphatic heterocycles. The zero-order valence-corrected chi connectivity index (χ0v) is 21.3. The molecule has 4 aromatic rings. The summed E-state index contributed by atoms with van der Waals surface area (Å²) < 4.78 is 11.8. The van der Waals surface area contributed by atoms with Crippen molar-refractivity contribution in [1.29, 1.82) is 0 Å². The molecule has 1 amide bonds. The first-order valence-electron chi connectivity index (χ1n) is 12.3. The van der Waals surface area contributed by atoms with Crippen LogP contribution in [-0.2, 0) is 16.8 Å². The first kappa shape index (κ1) is 25.4. The minimum atomic E-state index is -1.75. The van der Waals surface area contributed by atoms with Gasteiger partial charge in [-0.25, -0.2) is 4.79 Å². The number of rotatable bonds is 8. The molecule has 0 aromatic heterocycles. The van der Waals surface area contributed by atoms with Crippen LogP contribution in [0.2, 0.25) is 5.02 Å². The lowest BCUT2D eigenvalue weighted by atomic mass is 9.87. The first-order chi connectivity index (χ1) is 18.5. The fourth-order valence-electron chi connectivity index (χ4n) is 4.73. The number of halogens is 1. The predicted molar refractivity (Wildman–Crippen MR) is 146 cm³/mol. The molecule has 0 spiro atoms. The number of hydrogen-bond acceptors (Lipinski definition) is 4. The molecule has 0 radical (unpaired) electrons. The Hall–Kier alpha value is -4.29. The Balaban J connectivity index is 1.36. The number of carboxylic acids is 1. The SMILES string of the molecule is O=C(NCCc1ccccc1-c1ccccc1)c1ccccc1OC1(C(=O)O)CCOc2ccc(Cl)cc21. The number of hydrogen-bond donors (Lipinski definition) is 2. The summed E-state index contributed by atoms with van der Waals surface area (Å²) in [7, 11) is 0. The van der Waals surface area contributed by atoms with Crippen LogP contribution >= 0.6 is 11.6 Å². The van der Waals surface area contributed by atoms with Gasteiger partial charge in [0.05, 0.1) is 17.7 Å².